The van der Waals surface area contributed by atoms with Crippen molar-refractivity contribution in [3.8, 4) is 5.75 Å². The molecule has 1 aromatic heterocycles. The fourth-order valence-electron chi connectivity index (χ4n) is 3.32. The van der Waals surface area contributed by atoms with Crippen LogP contribution in [0.4, 0.5) is 5.95 Å². The summed E-state index contributed by atoms with van der Waals surface area (Å²) in [4.78, 5) is 12.3. The van der Waals surface area contributed by atoms with Crippen molar-refractivity contribution in [1.29, 1.82) is 0 Å². The molecule has 2 heterocycles. The highest BCUT2D eigenvalue weighted by molar-refractivity contribution is 6.35. The van der Waals surface area contributed by atoms with Gasteiger partial charge in [-0.2, -0.15) is 4.68 Å². The van der Waals surface area contributed by atoms with Crippen LogP contribution in [-0.4, -0.2) is 26.0 Å². The lowest BCUT2D eigenvalue weighted by atomic mass is 9.93. The minimum Gasteiger partial charge on any atom is -0.489 e. The van der Waals surface area contributed by atoms with Gasteiger partial charge in [0, 0.05) is 26.9 Å². The second-order valence-electron chi connectivity index (χ2n) is 6.66. The smallest absolute Gasteiger partial charge is 0.248 e. The predicted molar refractivity (Wildman–Crippen MR) is 110 cm³/mol. The number of benzene rings is 2. The van der Waals surface area contributed by atoms with Crippen LogP contribution in [0.25, 0.3) is 0 Å². The predicted octanol–water partition coefficient (Wildman–Crippen LogP) is 4.44. The standard InChI is InChI=1S/C20H17Cl2N5O2/c1-11-18(12(2)28)19(27-20(23-11)24-25-26-27)13-4-7-16(8-5-13)29-10-14-3-6-15(21)9-17(14)22/h3-9,19H,10H2,1-2H3,(H,23,24,26). The molecule has 148 valence electrons. The van der Waals surface area contributed by atoms with Crippen molar-refractivity contribution in [2.45, 2.75) is 26.5 Å². The molecule has 1 atom stereocenters. The number of tetrazole rings is 1. The summed E-state index contributed by atoms with van der Waals surface area (Å²) in [7, 11) is 0. The molecular formula is C20H17Cl2N5O2. The van der Waals surface area contributed by atoms with Crippen LogP contribution in [0, 0.1) is 0 Å². The van der Waals surface area contributed by atoms with E-state index in [1.807, 2.05) is 37.3 Å². The van der Waals surface area contributed by atoms with Gasteiger partial charge in [-0.15, -0.1) is 0 Å². The van der Waals surface area contributed by atoms with Crippen molar-refractivity contribution >= 4 is 34.9 Å². The maximum Gasteiger partial charge on any atom is 0.248 e. The number of carbonyl (C=O) groups excluding carboxylic acids is 1. The lowest BCUT2D eigenvalue weighted by molar-refractivity contribution is -0.114. The molecule has 1 N–H and O–H groups in total. The third-order valence-electron chi connectivity index (χ3n) is 4.70. The maximum absolute atomic E-state index is 12.3. The molecule has 0 aliphatic carbocycles. The van der Waals surface area contributed by atoms with Gasteiger partial charge >= 0.3 is 0 Å². The molecule has 29 heavy (non-hydrogen) atoms. The molecule has 0 saturated heterocycles. The van der Waals surface area contributed by atoms with Crippen LogP contribution >= 0.6 is 23.2 Å². The highest BCUT2D eigenvalue weighted by Gasteiger charge is 2.32. The zero-order valence-electron chi connectivity index (χ0n) is 15.7. The number of allylic oxidation sites excluding steroid dienone is 2. The number of rotatable bonds is 5. The number of aromatic nitrogens is 4. The molecular weight excluding hydrogens is 413 g/mol. The van der Waals surface area contributed by atoms with Crippen molar-refractivity contribution in [2.24, 2.45) is 0 Å². The van der Waals surface area contributed by atoms with E-state index in [-0.39, 0.29) is 5.78 Å². The summed E-state index contributed by atoms with van der Waals surface area (Å²) in [5.41, 5.74) is 3.07. The minimum atomic E-state index is -0.404. The number of nitrogens with one attached hydrogen (secondary N) is 1. The number of anilines is 1. The summed E-state index contributed by atoms with van der Waals surface area (Å²) in [6, 6.07) is 12.4. The Morgan fingerprint density at radius 2 is 1.97 bits per heavy atom. The Bertz CT molecular complexity index is 1110. The number of carbonyl (C=O) groups is 1. The Hall–Kier alpha value is -2.90. The molecule has 1 aliphatic rings. The van der Waals surface area contributed by atoms with Crippen LogP contribution in [0.5, 0.6) is 5.75 Å². The van der Waals surface area contributed by atoms with Gasteiger partial charge in [0.15, 0.2) is 5.78 Å². The number of Topliss-reactive ketones (excluding diaryl/α,β-unsaturated/α-hetero) is 1. The summed E-state index contributed by atoms with van der Waals surface area (Å²) in [5.74, 6) is 1.13. The first kappa shape index (κ1) is 19.4. The number of nitrogens with zero attached hydrogens (tertiary/aromatic N) is 4. The van der Waals surface area contributed by atoms with E-state index in [2.05, 4.69) is 20.8 Å². The van der Waals surface area contributed by atoms with E-state index >= 15 is 0 Å². The fourth-order valence-corrected chi connectivity index (χ4v) is 3.79. The first-order valence-electron chi connectivity index (χ1n) is 8.87. The van der Waals surface area contributed by atoms with Crippen molar-refractivity contribution in [3.05, 3.63) is 74.9 Å². The van der Waals surface area contributed by atoms with Crippen LogP contribution in [0.15, 0.2) is 53.7 Å². The SMILES string of the molecule is CC(=O)C1=C(C)Nc2nnnn2C1c1ccc(OCc2ccc(Cl)cc2Cl)cc1. The van der Waals surface area contributed by atoms with E-state index in [9.17, 15) is 4.79 Å². The van der Waals surface area contributed by atoms with Gasteiger partial charge in [-0.3, -0.25) is 4.79 Å². The van der Waals surface area contributed by atoms with Gasteiger partial charge < -0.3 is 10.1 Å². The molecule has 0 fully saturated rings. The van der Waals surface area contributed by atoms with Gasteiger partial charge in [-0.25, -0.2) is 0 Å². The molecule has 0 amide bonds. The van der Waals surface area contributed by atoms with Crippen molar-refractivity contribution in [2.75, 3.05) is 5.32 Å². The Morgan fingerprint density at radius 3 is 2.66 bits per heavy atom. The molecule has 0 radical (unpaired) electrons. The summed E-state index contributed by atoms with van der Waals surface area (Å²) in [5, 5.41) is 15.9. The van der Waals surface area contributed by atoms with Gasteiger partial charge in [0.1, 0.15) is 18.4 Å². The number of hydrogen-bond donors (Lipinski definition) is 1. The van der Waals surface area contributed by atoms with Gasteiger partial charge in [-0.05, 0) is 54.1 Å². The van der Waals surface area contributed by atoms with Gasteiger partial charge in [-0.1, -0.05) is 46.5 Å². The van der Waals surface area contributed by atoms with Crippen LogP contribution in [0.2, 0.25) is 10.0 Å². The average molecular weight is 430 g/mol. The number of ketones is 1. The van der Waals surface area contributed by atoms with E-state index in [0.29, 0.717) is 33.9 Å². The molecule has 1 aliphatic heterocycles. The summed E-state index contributed by atoms with van der Waals surface area (Å²) >= 11 is 12.1. The second-order valence-corrected chi connectivity index (χ2v) is 7.51. The summed E-state index contributed by atoms with van der Waals surface area (Å²) < 4.78 is 7.44. The monoisotopic (exact) mass is 429 g/mol. The van der Waals surface area contributed by atoms with Crippen LogP contribution in [-0.2, 0) is 11.4 Å². The van der Waals surface area contributed by atoms with Crippen molar-refractivity contribution in [1.82, 2.24) is 20.2 Å². The van der Waals surface area contributed by atoms with E-state index in [1.165, 1.54) is 6.92 Å². The normalized spacial score (nSPS) is 15.7. The van der Waals surface area contributed by atoms with Crippen molar-refractivity contribution < 1.29 is 9.53 Å². The number of halogens is 2. The Labute approximate surface area is 177 Å². The molecule has 0 spiro atoms. The molecule has 1 unspecified atom stereocenters. The van der Waals surface area contributed by atoms with Crippen LogP contribution in [0.3, 0.4) is 0 Å². The largest absolute Gasteiger partial charge is 0.489 e. The molecule has 0 saturated carbocycles. The average Bonchev–Trinajstić information content (AvgIpc) is 3.14. The number of hydrogen-bond acceptors (Lipinski definition) is 6. The van der Waals surface area contributed by atoms with E-state index in [1.54, 1.807) is 16.8 Å². The van der Waals surface area contributed by atoms with E-state index in [4.69, 9.17) is 27.9 Å². The Morgan fingerprint density at radius 1 is 1.21 bits per heavy atom. The molecule has 3 aromatic rings. The lowest BCUT2D eigenvalue weighted by Gasteiger charge is -2.27. The second kappa shape index (κ2) is 7.85. The fraction of sp³-hybridized carbons (Fsp3) is 0.200. The van der Waals surface area contributed by atoms with Gasteiger partial charge in [0.25, 0.3) is 0 Å². The Kier molecular flexibility index (Phi) is 5.25. The molecule has 9 heteroatoms. The molecule has 0 bridgehead atoms. The lowest BCUT2D eigenvalue weighted by Crippen LogP contribution is -2.27. The van der Waals surface area contributed by atoms with Crippen LogP contribution < -0.4 is 10.1 Å². The molecule has 2 aromatic carbocycles. The topological polar surface area (TPSA) is 81.9 Å². The zero-order valence-corrected chi connectivity index (χ0v) is 17.2. The minimum absolute atomic E-state index is 0.0427. The summed E-state index contributed by atoms with van der Waals surface area (Å²) in [6.45, 7) is 3.70. The van der Waals surface area contributed by atoms with E-state index < -0.39 is 6.04 Å². The van der Waals surface area contributed by atoms with Crippen LogP contribution in [0.1, 0.15) is 31.0 Å². The molecule has 4 rings (SSSR count). The quantitative estimate of drug-likeness (QED) is 0.645. The number of ether oxygens (including phenoxy) is 1. The molecule has 7 nitrogen and oxygen atoms in total. The first-order valence-corrected chi connectivity index (χ1v) is 9.63. The van der Waals surface area contributed by atoms with Gasteiger partial charge in [0.05, 0.1) is 0 Å². The number of fused-ring (bicyclic) bond motifs is 1. The third kappa shape index (κ3) is 3.83. The van der Waals surface area contributed by atoms with E-state index in [0.717, 1.165) is 16.8 Å². The summed E-state index contributed by atoms with van der Waals surface area (Å²) in [6.07, 6.45) is 0. The Balaban J connectivity index is 1.58. The highest BCUT2D eigenvalue weighted by Crippen LogP contribution is 2.35. The third-order valence-corrected chi connectivity index (χ3v) is 5.29. The van der Waals surface area contributed by atoms with Gasteiger partial charge in [0.2, 0.25) is 5.95 Å². The maximum atomic E-state index is 12.3. The zero-order chi connectivity index (χ0) is 20.5. The van der Waals surface area contributed by atoms with Crippen molar-refractivity contribution in [3.63, 3.8) is 0 Å². The first-order chi connectivity index (χ1) is 13.9. The highest BCUT2D eigenvalue weighted by atomic mass is 35.5.